The maximum absolute atomic E-state index is 12.0. The molecular formula is C16H21NO3S. The summed E-state index contributed by atoms with van der Waals surface area (Å²) in [4.78, 5) is 23.2. The number of benzene rings is 1. The molecule has 2 rings (SSSR count). The normalized spacial score (nSPS) is 15.3. The predicted molar refractivity (Wildman–Crippen MR) is 84.0 cm³/mol. The highest BCUT2D eigenvalue weighted by molar-refractivity contribution is 8.00. The molecule has 1 aromatic rings. The summed E-state index contributed by atoms with van der Waals surface area (Å²) < 4.78 is 4.83. The Labute approximate surface area is 129 Å². The van der Waals surface area contributed by atoms with Gasteiger partial charge >= 0.3 is 5.97 Å². The summed E-state index contributed by atoms with van der Waals surface area (Å²) in [7, 11) is 0. The number of rotatable bonds is 8. The van der Waals surface area contributed by atoms with Crippen LogP contribution in [-0.2, 0) is 14.3 Å². The smallest absolute Gasteiger partial charge is 0.315 e. The Kier molecular flexibility index (Phi) is 6.11. The second-order valence-corrected chi connectivity index (χ2v) is 6.08. The fourth-order valence-corrected chi connectivity index (χ4v) is 2.83. The van der Waals surface area contributed by atoms with Gasteiger partial charge in [-0.1, -0.05) is 30.3 Å². The van der Waals surface area contributed by atoms with E-state index >= 15 is 0 Å². The van der Waals surface area contributed by atoms with E-state index in [-0.39, 0.29) is 29.4 Å². The molecule has 0 saturated heterocycles. The van der Waals surface area contributed by atoms with Crippen LogP contribution in [0.15, 0.2) is 30.3 Å². The van der Waals surface area contributed by atoms with Crippen LogP contribution in [-0.4, -0.2) is 30.0 Å². The van der Waals surface area contributed by atoms with Gasteiger partial charge in [0.05, 0.1) is 24.2 Å². The van der Waals surface area contributed by atoms with Gasteiger partial charge < -0.3 is 10.1 Å². The van der Waals surface area contributed by atoms with Gasteiger partial charge in [-0.05, 0) is 31.2 Å². The number of hydrogen-bond acceptors (Lipinski definition) is 4. The molecule has 0 bridgehead atoms. The Morgan fingerprint density at radius 3 is 2.62 bits per heavy atom. The molecule has 1 N–H and O–H groups in total. The predicted octanol–water partition coefficient (Wildman–Crippen LogP) is 2.55. The zero-order chi connectivity index (χ0) is 15.1. The summed E-state index contributed by atoms with van der Waals surface area (Å²) >= 11 is 1.29. The van der Waals surface area contributed by atoms with Crippen LogP contribution < -0.4 is 5.32 Å². The van der Waals surface area contributed by atoms with Gasteiger partial charge in [0.1, 0.15) is 0 Å². The average molecular weight is 307 g/mol. The topological polar surface area (TPSA) is 55.4 Å². The second kappa shape index (κ2) is 8.08. The molecule has 0 aliphatic heterocycles. The van der Waals surface area contributed by atoms with Crippen LogP contribution in [0.2, 0.25) is 0 Å². The van der Waals surface area contributed by atoms with E-state index < -0.39 is 0 Å². The van der Waals surface area contributed by atoms with Gasteiger partial charge in [0, 0.05) is 0 Å². The van der Waals surface area contributed by atoms with Crippen molar-refractivity contribution in [2.24, 2.45) is 5.92 Å². The summed E-state index contributed by atoms with van der Waals surface area (Å²) in [5.74, 6) is 0.767. The Hall–Kier alpha value is -1.49. The molecule has 5 heteroatoms. The van der Waals surface area contributed by atoms with Gasteiger partial charge in [-0.15, -0.1) is 11.8 Å². The molecule has 1 amide bonds. The molecule has 1 aliphatic rings. The number of carbonyl (C=O) groups excluding carboxylic acids is 2. The molecule has 0 radical (unpaired) electrons. The van der Waals surface area contributed by atoms with E-state index in [4.69, 9.17) is 4.74 Å². The van der Waals surface area contributed by atoms with Crippen molar-refractivity contribution >= 4 is 23.6 Å². The van der Waals surface area contributed by atoms with E-state index in [1.54, 1.807) is 6.92 Å². The fourth-order valence-electron chi connectivity index (χ4n) is 2.21. The number of carbonyl (C=O) groups is 2. The Morgan fingerprint density at radius 2 is 2.00 bits per heavy atom. The van der Waals surface area contributed by atoms with E-state index in [9.17, 15) is 9.59 Å². The van der Waals surface area contributed by atoms with Crippen LogP contribution in [0.4, 0.5) is 0 Å². The van der Waals surface area contributed by atoms with Crippen molar-refractivity contribution < 1.29 is 14.3 Å². The van der Waals surface area contributed by atoms with E-state index in [2.05, 4.69) is 17.4 Å². The quantitative estimate of drug-likeness (QED) is 0.750. The molecule has 4 nitrogen and oxygen atoms in total. The zero-order valence-corrected chi connectivity index (χ0v) is 13.0. The lowest BCUT2D eigenvalue weighted by Crippen LogP contribution is -2.31. The minimum absolute atomic E-state index is 0.0231. The lowest BCUT2D eigenvalue weighted by Gasteiger charge is -2.18. The number of amides is 1. The van der Waals surface area contributed by atoms with Crippen molar-refractivity contribution in [2.45, 2.75) is 25.8 Å². The van der Waals surface area contributed by atoms with Crippen molar-refractivity contribution in [3.05, 3.63) is 35.9 Å². The summed E-state index contributed by atoms with van der Waals surface area (Å²) in [6.45, 7) is 2.15. The molecule has 1 aliphatic carbocycles. The Morgan fingerprint density at radius 1 is 1.29 bits per heavy atom. The fraction of sp³-hybridized carbons (Fsp3) is 0.500. The Bertz CT molecular complexity index is 474. The molecule has 21 heavy (non-hydrogen) atoms. The first-order valence-corrected chi connectivity index (χ1v) is 8.44. The van der Waals surface area contributed by atoms with Crippen LogP contribution in [0.5, 0.6) is 0 Å². The van der Waals surface area contributed by atoms with E-state index in [1.165, 1.54) is 11.8 Å². The molecule has 0 spiro atoms. The highest BCUT2D eigenvalue weighted by atomic mass is 32.2. The highest BCUT2D eigenvalue weighted by Gasteiger charge is 2.33. The van der Waals surface area contributed by atoms with Crippen LogP contribution >= 0.6 is 11.8 Å². The van der Waals surface area contributed by atoms with Crippen molar-refractivity contribution in [3.8, 4) is 0 Å². The molecule has 1 saturated carbocycles. The van der Waals surface area contributed by atoms with Crippen molar-refractivity contribution in [1.29, 1.82) is 0 Å². The first-order chi connectivity index (χ1) is 10.2. The summed E-state index contributed by atoms with van der Waals surface area (Å²) in [6, 6.07) is 10.2. The SMILES string of the molecule is CCOC(=O)CSCC(=O)NC(c1ccccc1)C1CC1. The zero-order valence-electron chi connectivity index (χ0n) is 12.2. The summed E-state index contributed by atoms with van der Waals surface area (Å²) in [6.07, 6.45) is 2.33. The summed E-state index contributed by atoms with van der Waals surface area (Å²) in [5, 5.41) is 3.09. The standard InChI is InChI=1S/C16H21NO3S/c1-2-20-15(19)11-21-10-14(18)17-16(13-8-9-13)12-6-4-3-5-7-12/h3-7,13,16H,2,8-11H2,1H3,(H,17,18). The minimum Gasteiger partial charge on any atom is -0.465 e. The second-order valence-electron chi connectivity index (χ2n) is 5.09. The molecule has 0 aromatic heterocycles. The number of nitrogens with one attached hydrogen (secondary N) is 1. The number of ether oxygens (including phenoxy) is 1. The molecular weight excluding hydrogens is 286 g/mol. The number of hydrogen-bond donors (Lipinski definition) is 1. The van der Waals surface area contributed by atoms with Crippen molar-refractivity contribution in [2.75, 3.05) is 18.1 Å². The Balaban J connectivity index is 1.78. The van der Waals surface area contributed by atoms with Gasteiger partial charge in [0.15, 0.2) is 0 Å². The van der Waals surface area contributed by atoms with Crippen molar-refractivity contribution in [1.82, 2.24) is 5.32 Å². The van der Waals surface area contributed by atoms with Gasteiger partial charge in [-0.3, -0.25) is 9.59 Å². The molecule has 1 aromatic carbocycles. The van der Waals surface area contributed by atoms with Gasteiger partial charge in [0.2, 0.25) is 5.91 Å². The maximum Gasteiger partial charge on any atom is 0.315 e. The maximum atomic E-state index is 12.0. The molecule has 1 atom stereocenters. The lowest BCUT2D eigenvalue weighted by molar-refractivity contribution is -0.139. The lowest BCUT2D eigenvalue weighted by atomic mass is 10.0. The van der Waals surface area contributed by atoms with E-state index in [0.29, 0.717) is 12.5 Å². The van der Waals surface area contributed by atoms with E-state index in [0.717, 1.165) is 18.4 Å². The molecule has 1 fully saturated rings. The average Bonchev–Trinajstić information content (AvgIpc) is 3.30. The highest BCUT2D eigenvalue weighted by Crippen LogP contribution is 2.40. The molecule has 0 heterocycles. The van der Waals surface area contributed by atoms with Crippen molar-refractivity contribution in [3.63, 3.8) is 0 Å². The van der Waals surface area contributed by atoms with Gasteiger partial charge in [-0.2, -0.15) is 0 Å². The van der Waals surface area contributed by atoms with Gasteiger partial charge in [0.25, 0.3) is 0 Å². The molecule has 1 unspecified atom stereocenters. The third kappa shape index (κ3) is 5.42. The first kappa shape index (κ1) is 15.9. The van der Waals surface area contributed by atoms with Crippen LogP contribution in [0, 0.1) is 5.92 Å². The molecule has 114 valence electrons. The minimum atomic E-state index is -0.267. The van der Waals surface area contributed by atoms with Crippen LogP contribution in [0.1, 0.15) is 31.4 Å². The number of esters is 1. The summed E-state index contributed by atoms with van der Waals surface area (Å²) in [5.41, 5.74) is 1.16. The van der Waals surface area contributed by atoms with Crippen LogP contribution in [0.3, 0.4) is 0 Å². The third-order valence-electron chi connectivity index (χ3n) is 3.33. The monoisotopic (exact) mass is 307 g/mol. The van der Waals surface area contributed by atoms with E-state index in [1.807, 2.05) is 18.2 Å². The number of thioether (sulfide) groups is 1. The van der Waals surface area contributed by atoms with Gasteiger partial charge in [-0.25, -0.2) is 0 Å². The first-order valence-electron chi connectivity index (χ1n) is 7.28. The third-order valence-corrected chi connectivity index (χ3v) is 4.23. The largest absolute Gasteiger partial charge is 0.465 e. The van der Waals surface area contributed by atoms with Crippen LogP contribution in [0.25, 0.3) is 0 Å².